The molecule has 200 valence electrons. The van der Waals surface area contributed by atoms with Gasteiger partial charge in [-0.15, -0.1) is 6.58 Å². The van der Waals surface area contributed by atoms with Crippen LogP contribution in [0.2, 0.25) is 0 Å². The number of benzene rings is 2. The average Bonchev–Trinajstić information content (AvgIpc) is 2.96. The highest BCUT2D eigenvalue weighted by Crippen LogP contribution is 2.43. The van der Waals surface area contributed by atoms with E-state index >= 15 is 0 Å². The lowest BCUT2D eigenvalue weighted by atomic mass is 9.71. The van der Waals surface area contributed by atoms with Crippen LogP contribution in [0.3, 0.4) is 0 Å². The number of allylic oxidation sites excluding steroid dienone is 1. The quantitative estimate of drug-likeness (QED) is 0.347. The van der Waals surface area contributed by atoms with Crippen LogP contribution in [0.15, 0.2) is 49.1 Å². The summed E-state index contributed by atoms with van der Waals surface area (Å²) in [6, 6.07) is 11.1. The first-order valence-corrected chi connectivity index (χ1v) is 14.5. The summed E-state index contributed by atoms with van der Waals surface area (Å²) in [7, 11) is 0. The minimum Gasteiger partial charge on any atom is -0.491 e. The van der Waals surface area contributed by atoms with Crippen LogP contribution in [-0.2, 0) is 4.74 Å². The van der Waals surface area contributed by atoms with Gasteiger partial charge in [0.1, 0.15) is 0 Å². The van der Waals surface area contributed by atoms with E-state index in [1.54, 1.807) is 13.0 Å². The molecule has 1 saturated heterocycles. The lowest BCUT2D eigenvalue weighted by molar-refractivity contribution is -0.0718. The van der Waals surface area contributed by atoms with Crippen molar-refractivity contribution in [2.75, 3.05) is 13.2 Å². The van der Waals surface area contributed by atoms with Gasteiger partial charge in [-0.05, 0) is 124 Å². The molecule has 4 heteroatoms. The van der Waals surface area contributed by atoms with Gasteiger partial charge in [0, 0.05) is 5.56 Å². The van der Waals surface area contributed by atoms with Gasteiger partial charge in [0.2, 0.25) is 5.82 Å². The van der Waals surface area contributed by atoms with Crippen molar-refractivity contribution in [3.05, 3.63) is 66.3 Å². The molecule has 0 bridgehead atoms. The van der Waals surface area contributed by atoms with E-state index in [0.29, 0.717) is 30.1 Å². The van der Waals surface area contributed by atoms with E-state index in [0.717, 1.165) is 24.4 Å². The molecule has 1 heterocycles. The van der Waals surface area contributed by atoms with Gasteiger partial charge in [-0.2, -0.15) is 4.39 Å². The van der Waals surface area contributed by atoms with Crippen molar-refractivity contribution >= 4 is 0 Å². The molecule has 2 unspecified atom stereocenters. The Morgan fingerprint density at radius 2 is 1.49 bits per heavy atom. The van der Waals surface area contributed by atoms with Crippen molar-refractivity contribution in [3.63, 3.8) is 0 Å². The van der Waals surface area contributed by atoms with Crippen molar-refractivity contribution < 1.29 is 18.3 Å². The first kappa shape index (κ1) is 26.4. The largest absolute Gasteiger partial charge is 0.491 e. The van der Waals surface area contributed by atoms with E-state index in [1.807, 2.05) is 12.1 Å². The lowest BCUT2D eigenvalue weighted by Crippen LogP contribution is -2.37. The first-order chi connectivity index (χ1) is 18.1. The molecular weight excluding hydrogens is 466 g/mol. The van der Waals surface area contributed by atoms with Gasteiger partial charge in [-0.1, -0.05) is 30.3 Å². The summed E-state index contributed by atoms with van der Waals surface area (Å²) in [5, 5.41) is 0. The second-order valence-corrected chi connectivity index (χ2v) is 11.5. The van der Waals surface area contributed by atoms with Crippen molar-refractivity contribution in [1.82, 2.24) is 0 Å². The molecule has 0 amide bonds. The zero-order valence-electron chi connectivity index (χ0n) is 22.3. The fraction of sp³-hybridized carbons (Fsp3) is 0.576. The van der Waals surface area contributed by atoms with Gasteiger partial charge in [0.05, 0.1) is 19.3 Å². The Morgan fingerprint density at radius 1 is 0.811 bits per heavy atom. The Kier molecular flexibility index (Phi) is 8.64. The van der Waals surface area contributed by atoms with E-state index in [2.05, 4.69) is 24.8 Å². The van der Waals surface area contributed by atoms with Crippen LogP contribution >= 0.6 is 0 Å². The molecular formula is C33H42F2O2. The van der Waals surface area contributed by atoms with Gasteiger partial charge in [-0.25, -0.2) is 4.39 Å². The molecule has 37 heavy (non-hydrogen) atoms. The first-order valence-electron chi connectivity index (χ1n) is 14.5. The van der Waals surface area contributed by atoms with Gasteiger partial charge >= 0.3 is 0 Å². The number of hydrogen-bond acceptors (Lipinski definition) is 2. The summed E-state index contributed by atoms with van der Waals surface area (Å²) < 4.78 is 40.6. The van der Waals surface area contributed by atoms with Crippen LogP contribution < -0.4 is 4.74 Å². The summed E-state index contributed by atoms with van der Waals surface area (Å²) in [4.78, 5) is 0. The Bertz CT molecular complexity index is 1030. The maximum atomic E-state index is 14.6. The second-order valence-electron chi connectivity index (χ2n) is 11.5. The molecule has 0 radical (unpaired) electrons. The Labute approximate surface area is 221 Å². The number of ether oxygens (including phenoxy) is 2. The van der Waals surface area contributed by atoms with Crippen molar-refractivity contribution in [2.45, 2.75) is 83.2 Å². The van der Waals surface area contributed by atoms with E-state index in [4.69, 9.17) is 9.47 Å². The van der Waals surface area contributed by atoms with E-state index < -0.39 is 11.6 Å². The minimum atomic E-state index is -0.918. The molecule has 2 aromatic carbocycles. The number of rotatable bonds is 7. The summed E-state index contributed by atoms with van der Waals surface area (Å²) in [5.74, 6) is 1.74. The minimum absolute atomic E-state index is 0.0368. The zero-order valence-corrected chi connectivity index (χ0v) is 22.3. The van der Waals surface area contributed by atoms with Crippen molar-refractivity contribution in [2.24, 2.45) is 23.7 Å². The fourth-order valence-corrected chi connectivity index (χ4v) is 7.17. The predicted molar refractivity (Wildman–Crippen MR) is 146 cm³/mol. The van der Waals surface area contributed by atoms with Crippen LogP contribution in [0.4, 0.5) is 8.78 Å². The maximum Gasteiger partial charge on any atom is 0.201 e. The number of halogens is 2. The summed E-state index contributed by atoms with van der Waals surface area (Å²) in [5.41, 5.74) is 2.27. The molecule has 2 aromatic rings. The average molecular weight is 509 g/mol. The molecule has 0 spiro atoms. The lowest BCUT2D eigenvalue weighted by Gasteiger charge is -2.41. The van der Waals surface area contributed by atoms with Crippen LogP contribution in [0, 0.1) is 35.3 Å². The molecule has 2 saturated carbocycles. The highest BCUT2D eigenvalue weighted by Gasteiger charge is 2.35. The summed E-state index contributed by atoms with van der Waals surface area (Å²) in [6.07, 6.45) is 15.2. The monoisotopic (exact) mass is 508 g/mol. The van der Waals surface area contributed by atoms with Gasteiger partial charge in [0.25, 0.3) is 0 Å². The smallest absolute Gasteiger partial charge is 0.201 e. The third kappa shape index (κ3) is 5.95. The standard InChI is InChI=1S/C33H42F2O2/c1-3-22-5-7-25(8-6-22)28-17-19-30(37-21-28)27-15-11-24(12-16-27)23-9-13-26(14-10-23)29-18-20-31(36-4-2)33(35)32(29)34/h3,9-10,13-14,18,20,22,24-25,27-28,30H,1,4-8,11-12,15-17,19,21H2,2H3. The van der Waals surface area contributed by atoms with Gasteiger partial charge in [-0.3, -0.25) is 0 Å². The van der Waals surface area contributed by atoms with Crippen LogP contribution in [0.25, 0.3) is 11.1 Å². The molecule has 3 aliphatic rings. The SMILES string of the molecule is C=CC1CCC(C2CCC(C3CCC(c4ccc(-c5ccc(OCC)c(F)c5F)cc4)CC3)OC2)CC1. The Balaban J connectivity index is 1.11. The number of hydrogen-bond donors (Lipinski definition) is 0. The summed E-state index contributed by atoms with van der Waals surface area (Å²) in [6.45, 7) is 7.00. The highest BCUT2D eigenvalue weighted by atomic mass is 19.2. The topological polar surface area (TPSA) is 18.5 Å². The normalized spacial score (nSPS) is 30.6. The maximum absolute atomic E-state index is 14.6. The van der Waals surface area contributed by atoms with Crippen LogP contribution in [-0.4, -0.2) is 19.3 Å². The second kappa shape index (κ2) is 12.1. The molecule has 0 aromatic heterocycles. The molecule has 5 rings (SSSR count). The van der Waals surface area contributed by atoms with Crippen LogP contribution in [0.5, 0.6) is 5.75 Å². The van der Waals surface area contributed by atoms with E-state index in [-0.39, 0.29) is 11.3 Å². The molecule has 2 nitrogen and oxygen atoms in total. The fourth-order valence-electron chi connectivity index (χ4n) is 7.17. The third-order valence-electron chi connectivity index (χ3n) is 9.50. The van der Waals surface area contributed by atoms with Gasteiger partial charge < -0.3 is 9.47 Å². The molecule has 0 N–H and O–H groups in total. The van der Waals surface area contributed by atoms with E-state index in [9.17, 15) is 8.78 Å². The third-order valence-corrected chi connectivity index (χ3v) is 9.50. The highest BCUT2D eigenvalue weighted by molar-refractivity contribution is 5.65. The molecule has 2 atom stereocenters. The van der Waals surface area contributed by atoms with Crippen LogP contribution in [0.1, 0.15) is 82.6 Å². The van der Waals surface area contributed by atoms with Crippen molar-refractivity contribution in [3.8, 4) is 16.9 Å². The molecule has 1 aliphatic heterocycles. The molecule has 3 fully saturated rings. The zero-order chi connectivity index (χ0) is 25.8. The van der Waals surface area contributed by atoms with Gasteiger partial charge in [0.15, 0.2) is 11.6 Å². The summed E-state index contributed by atoms with van der Waals surface area (Å²) >= 11 is 0. The Morgan fingerprint density at radius 3 is 2.11 bits per heavy atom. The predicted octanol–water partition coefficient (Wildman–Crippen LogP) is 9.09. The van der Waals surface area contributed by atoms with E-state index in [1.165, 1.54) is 75.8 Å². The molecule has 2 aliphatic carbocycles. The Hall–Kier alpha value is -2.20. The van der Waals surface area contributed by atoms with Crippen molar-refractivity contribution in [1.29, 1.82) is 0 Å².